The van der Waals surface area contributed by atoms with Gasteiger partial charge in [0.25, 0.3) is 0 Å². The lowest BCUT2D eigenvalue weighted by Crippen LogP contribution is -2.14. The van der Waals surface area contributed by atoms with Gasteiger partial charge in [0.2, 0.25) is 0 Å². The van der Waals surface area contributed by atoms with Crippen molar-refractivity contribution < 1.29 is 9.59 Å². The quantitative estimate of drug-likeness (QED) is 0.607. The van der Waals surface area contributed by atoms with Crippen molar-refractivity contribution in [2.75, 3.05) is 0 Å². The molecule has 0 atom stereocenters. The van der Waals surface area contributed by atoms with Gasteiger partial charge in [-0.2, -0.15) is 0 Å². The highest BCUT2D eigenvalue weighted by molar-refractivity contribution is 6.32. The third kappa shape index (κ3) is 2.27. The van der Waals surface area contributed by atoms with Gasteiger partial charge in [-0.15, -0.1) is 0 Å². The van der Waals surface area contributed by atoms with Crippen molar-refractivity contribution in [3.8, 4) is 11.1 Å². The first-order valence-corrected chi connectivity index (χ1v) is 8.07. The zero-order valence-electron chi connectivity index (χ0n) is 12.7. The summed E-state index contributed by atoms with van der Waals surface area (Å²) in [5.74, 6) is -1.08. The summed E-state index contributed by atoms with van der Waals surface area (Å²) in [6, 6.07) is 22.0. The molecule has 1 aliphatic rings. The molecule has 1 aliphatic carbocycles. The van der Waals surface area contributed by atoms with Crippen LogP contribution in [0.4, 0.5) is 0 Å². The lowest BCUT2D eigenvalue weighted by atomic mass is 9.87. The third-order valence-electron chi connectivity index (χ3n) is 4.39. The average molecular weight is 333 g/mol. The number of benzene rings is 3. The molecule has 3 aromatic rings. The maximum absolute atomic E-state index is 12.8. The molecule has 0 aromatic heterocycles. The molecule has 3 aromatic carbocycles. The maximum Gasteiger partial charge on any atom is 0.178 e. The summed E-state index contributed by atoms with van der Waals surface area (Å²) in [6.07, 6.45) is 0. The number of Topliss-reactive ketones (excluding diaryl/α,β-unsaturated/α-hetero) is 2. The Morgan fingerprint density at radius 3 is 1.88 bits per heavy atom. The van der Waals surface area contributed by atoms with Crippen molar-refractivity contribution in [3.05, 3.63) is 94.5 Å². The second-order valence-corrected chi connectivity index (χ2v) is 6.24. The lowest BCUT2D eigenvalue weighted by molar-refractivity contribution is 0.0890. The molecular formula is C21H13ClO2. The Morgan fingerprint density at radius 2 is 1.25 bits per heavy atom. The van der Waals surface area contributed by atoms with E-state index in [4.69, 9.17) is 11.6 Å². The van der Waals surface area contributed by atoms with Crippen LogP contribution in [0.2, 0.25) is 5.02 Å². The average Bonchev–Trinajstić information content (AvgIpc) is 2.87. The number of hydrogen-bond donors (Lipinski definition) is 0. The minimum absolute atomic E-state index is 0.143. The van der Waals surface area contributed by atoms with Gasteiger partial charge in [-0.1, -0.05) is 72.3 Å². The second-order valence-electron chi connectivity index (χ2n) is 5.80. The molecule has 0 bridgehead atoms. The van der Waals surface area contributed by atoms with Crippen molar-refractivity contribution in [2.24, 2.45) is 0 Å². The number of hydrogen-bond acceptors (Lipinski definition) is 2. The molecule has 0 saturated heterocycles. The van der Waals surface area contributed by atoms with Gasteiger partial charge in [-0.05, 0) is 28.8 Å². The summed E-state index contributed by atoms with van der Waals surface area (Å²) in [7, 11) is 0. The smallest absolute Gasteiger partial charge is 0.178 e. The van der Waals surface area contributed by atoms with E-state index >= 15 is 0 Å². The van der Waals surface area contributed by atoms with E-state index < -0.39 is 5.92 Å². The van der Waals surface area contributed by atoms with Gasteiger partial charge in [-0.25, -0.2) is 0 Å². The maximum atomic E-state index is 12.8. The lowest BCUT2D eigenvalue weighted by Gasteiger charge is -2.14. The first-order chi connectivity index (χ1) is 11.7. The van der Waals surface area contributed by atoms with E-state index in [1.54, 1.807) is 36.4 Å². The summed E-state index contributed by atoms with van der Waals surface area (Å²) < 4.78 is 0. The molecule has 0 N–H and O–H groups in total. The number of fused-ring (bicyclic) bond motifs is 1. The zero-order valence-corrected chi connectivity index (χ0v) is 13.5. The molecule has 24 heavy (non-hydrogen) atoms. The fourth-order valence-corrected chi connectivity index (χ4v) is 3.45. The van der Waals surface area contributed by atoms with E-state index in [9.17, 15) is 9.59 Å². The van der Waals surface area contributed by atoms with Gasteiger partial charge in [0.1, 0.15) is 5.92 Å². The molecule has 0 fully saturated rings. The summed E-state index contributed by atoms with van der Waals surface area (Å²) in [4.78, 5) is 25.6. The summed E-state index contributed by atoms with van der Waals surface area (Å²) in [5, 5.41) is 0.577. The van der Waals surface area contributed by atoms with Crippen LogP contribution in [0.1, 0.15) is 32.2 Å². The molecule has 116 valence electrons. The Morgan fingerprint density at radius 1 is 0.667 bits per heavy atom. The van der Waals surface area contributed by atoms with Crippen molar-refractivity contribution in [1.82, 2.24) is 0 Å². The van der Waals surface area contributed by atoms with E-state index in [1.165, 1.54) is 0 Å². The van der Waals surface area contributed by atoms with Crippen LogP contribution < -0.4 is 0 Å². The third-order valence-corrected chi connectivity index (χ3v) is 4.63. The van der Waals surface area contributed by atoms with Gasteiger partial charge in [0, 0.05) is 16.1 Å². The molecule has 4 rings (SSSR count). The second kappa shape index (κ2) is 5.73. The van der Waals surface area contributed by atoms with Crippen LogP contribution in [-0.4, -0.2) is 11.6 Å². The number of carbonyl (C=O) groups excluding carboxylic acids is 2. The molecule has 0 heterocycles. The van der Waals surface area contributed by atoms with Gasteiger partial charge in [-0.3, -0.25) is 9.59 Å². The van der Waals surface area contributed by atoms with E-state index in [2.05, 4.69) is 0 Å². The van der Waals surface area contributed by atoms with E-state index in [-0.39, 0.29) is 11.6 Å². The standard InChI is InChI=1S/C21H13ClO2/c22-14-10-11-15(18(12-14)13-6-2-1-3-7-13)19-20(23)16-8-4-5-9-17(16)21(19)24/h1-12,19H. The molecule has 2 nitrogen and oxygen atoms in total. The summed E-state index contributed by atoms with van der Waals surface area (Å²) in [6.45, 7) is 0. The molecule has 0 aliphatic heterocycles. The zero-order chi connectivity index (χ0) is 16.7. The molecule has 0 unspecified atom stereocenters. The number of rotatable bonds is 2. The van der Waals surface area contributed by atoms with Crippen molar-refractivity contribution in [2.45, 2.75) is 5.92 Å². The number of ketones is 2. The Bertz CT molecular complexity index is 926. The molecule has 0 saturated carbocycles. The van der Waals surface area contributed by atoms with Crippen LogP contribution in [-0.2, 0) is 0 Å². The Kier molecular flexibility index (Phi) is 3.55. The van der Waals surface area contributed by atoms with Crippen molar-refractivity contribution in [3.63, 3.8) is 0 Å². The van der Waals surface area contributed by atoms with E-state index in [1.807, 2.05) is 36.4 Å². The van der Waals surface area contributed by atoms with Crippen LogP contribution in [0.3, 0.4) is 0 Å². The topological polar surface area (TPSA) is 34.1 Å². The number of halogens is 1. The highest BCUT2D eigenvalue weighted by atomic mass is 35.5. The molecular weight excluding hydrogens is 320 g/mol. The van der Waals surface area contributed by atoms with Gasteiger partial charge in [0.15, 0.2) is 11.6 Å². The fraction of sp³-hybridized carbons (Fsp3) is 0.0476. The Labute approximate surface area is 144 Å². The summed E-state index contributed by atoms with van der Waals surface area (Å²) in [5.41, 5.74) is 3.47. The predicted octanol–water partition coefficient (Wildman–Crippen LogP) is 5.17. The van der Waals surface area contributed by atoms with Crippen LogP contribution >= 0.6 is 11.6 Å². The molecule has 0 amide bonds. The Hall–Kier alpha value is -2.71. The monoisotopic (exact) mass is 332 g/mol. The highest BCUT2D eigenvalue weighted by Gasteiger charge is 2.40. The van der Waals surface area contributed by atoms with Crippen molar-refractivity contribution >= 4 is 23.2 Å². The Balaban J connectivity index is 1.90. The molecule has 0 radical (unpaired) electrons. The first kappa shape index (κ1) is 14.9. The predicted molar refractivity (Wildman–Crippen MR) is 94.7 cm³/mol. The van der Waals surface area contributed by atoms with Gasteiger partial charge in [0.05, 0.1) is 0 Å². The highest BCUT2D eigenvalue weighted by Crippen LogP contribution is 2.39. The SMILES string of the molecule is O=C1c2ccccc2C(=O)C1c1ccc(Cl)cc1-c1ccccc1. The van der Waals surface area contributed by atoms with Gasteiger partial charge < -0.3 is 0 Å². The molecule has 0 spiro atoms. The first-order valence-electron chi connectivity index (χ1n) is 7.69. The summed E-state index contributed by atoms with van der Waals surface area (Å²) >= 11 is 6.17. The largest absolute Gasteiger partial charge is 0.293 e. The van der Waals surface area contributed by atoms with Crippen LogP contribution in [0.5, 0.6) is 0 Å². The number of carbonyl (C=O) groups is 2. The van der Waals surface area contributed by atoms with Crippen LogP contribution in [0, 0.1) is 0 Å². The molecule has 3 heteroatoms. The van der Waals surface area contributed by atoms with Crippen molar-refractivity contribution in [1.29, 1.82) is 0 Å². The normalized spacial score (nSPS) is 14.0. The van der Waals surface area contributed by atoms with Crippen LogP contribution in [0.15, 0.2) is 72.8 Å². The van der Waals surface area contributed by atoms with E-state index in [0.29, 0.717) is 21.7 Å². The minimum atomic E-state index is -0.796. The fourth-order valence-electron chi connectivity index (χ4n) is 3.27. The van der Waals surface area contributed by atoms with Crippen LogP contribution in [0.25, 0.3) is 11.1 Å². The van der Waals surface area contributed by atoms with Gasteiger partial charge >= 0.3 is 0 Å². The minimum Gasteiger partial charge on any atom is -0.293 e. The van der Waals surface area contributed by atoms with E-state index in [0.717, 1.165) is 11.1 Å².